The molecule has 2 atom stereocenters. The van der Waals surface area contributed by atoms with E-state index in [9.17, 15) is 14.4 Å². The van der Waals surface area contributed by atoms with Gasteiger partial charge in [0.05, 0.1) is 25.3 Å². The maximum Gasteiger partial charge on any atom is 0.335 e. The van der Waals surface area contributed by atoms with E-state index in [2.05, 4.69) is 50.6 Å². The van der Waals surface area contributed by atoms with Crippen molar-refractivity contribution in [3.8, 4) is 11.3 Å². The SMILES string of the molecule is Cc1c(NC(=O)c2ccc(C(C)(C)C)cc2)cccc1-c1cn(C)c(=O)c(Nc2ccc(C3NCC[N+](C)(C(C)C)C3=O)cc2)n1. The fourth-order valence-corrected chi connectivity index (χ4v) is 5.78. The summed E-state index contributed by atoms with van der Waals surface area (Å²) in [6.45, 7) is 14.0. The van der Waals surface area contributed by atoms with Gasteiger partial charge >= 0.3 is 5.91 Å². The molecule has 1 aromatic heterocycles. The van der Waals surface area contributed by atoms with Gasteiger partial charge in [-0.15, -0.1) is 0 Å². The monoisotopic (exact) mass is 621 g/mol. The van der Waals surface area contributed by atoms with Crippen LogP contribution in [0.1, 0.15) is 67.7 Å². The van der Waals surface area contributed by atoms with Gasteiger partial charge in [0.15, 0.2) is 5.82 Å². The molecular weight excluding hydrogens is 576 g/mol. The molecule has 3 N–H and O–H groups in total. The van der Waals surface area contributed by atoms with Crippen LogP contribution < -0.4 is 21.5 Å². The number of anilines is 3. The van der Waals surface area contributed by atoms with Crippen LogP contribution >= 0.6 is 0 Å². The van der Waals surface area contributed by atoms with Crippen LogP contribution in [-0.4, -0.2) is 52.0 Å². The third-order valence-electron chi connectivity index (χ3n) is 9.26. The van der Waals surface area contributed by atoms with Gasteiger partial charge in [-0.3, -0.25) is 19.4 Å². The number of aromatic nitrogens is 2. The molecule has 1 aliphatic heterocycles. The van der Waals surface area contributed by atoms with E-state index in [1.165, 1.54) is 4.57 Å². The minimum atomic E-state index is -0.386. The first kappa shape index (κ1) is 32.8. The lowest BCUT2D eigenvalue weighted by Gasteiger charge is -2.42. The zero-order valence-electron chi connectivity index (χ0n) is 28.1. The van der Waals surface area contributed by atoms with Crippen LogP contribution in [0.2, 0.25) is 0 Å². The van der Waals surface area contributed by atoms with Crippen molar-refractivity contribution in [2.45, 2.75) is 59.0 Å². The molecule has 9 heteroatoms. The van der Waals surface area contributed by atoms with Crippen LogP contribution in [0.4, 0.5) is 17.2 Å². The summed E-state index contributed by atoms with van der Waals surface area (Å²) < 4.78 is 1.88. The number of nitrogens with zero attached hydrogens (tertiary/aromatic N) is 3. The summed E-state index contributed by atoms with van der Waals surface area (Å²) in [4.78, 5) is 44.3. The number of amides is 2. The number of carbonyl (C=O) groups is 2. The third-order valence-corrected chi connectivity index (χ3v) is 9.26. The second kappa shape index (κ2) is 12.7. The molecule has 0 bridgehead atoms. The number of aryl methyl sites for hydroxylation is 1. The predicted octanol–water partition coefficient (Wildman–Crippen LogP) is 6.08. The Morgan fingerprint density at radius 3 is 2.33 bits per heavy atom. The molecule has 0 radical (unpaired) electrons. The molecule has 2 amide bonds. The van der Waals surface area contributed by atoms with Crippen LogP contribution in [0.3, 0.4) is 0 Å². The fraction of sp³-hybridized carbons (Fsp3) is 0.351. The van der Waals surface area contributed by atoms with E-state index in [0.29, 0.717) is 27.1 Å². The summed E-state index contributed by atoms with van der Waals surface area (Å²) in [5.41, 5.74) is 5.92. The molecule has 1 saturated heterocycles. The van der Waals surface area contributed by atoms with E-state index in [4.69, 9.17) is 4.98 Å². The first-order chi connectivity index (χ1) is 21.7. The lowest BCUT2D eigenvalue weighted by molar-refractivity contribution is -0.859. The highest BCUT2D eigenvalue weighted by Crippen LogP contribution is 2.30. The molecule has 0 aliphatic carbocycles. The maximum atomic E-state index is 13.4. The van der Waals surface area contributed by atoms with Gasteiger partial charge in [0, 0.05) is 42.3 Å². The van der Waals surface area contributed by atoms with Crippen molar-refractivity contribution in [1.29, 1.82) is 0 Å². The average Bonchev–Trinajstić information content (AvgIpc) is 3.01. The first-order valence-corrected chi connectivity index (χ1v) is 15.8. The number of hydrogen-bond acceptors (Lipinski definition) is 6. The largest absolute Gasteiger partial charge is 0.336 e. The zero-order chi connectivity index (χ0) is 33.4. The van der Waals surface area contributed by atoms with Crippen molar-refractivity contribution >= 4 is 29.0 Å². The van der Waals surface area contributed by atoms with Gasteiger partial charge in [0.25, 0.3) is 11.5 Å². The molecular formula is C37H45N6O3+. The Labute approximate surface area is 271 Å². The number of piperazine rings is 1. The first-order valence-electron chi connectivity index (χ1n) is 15.8. The van der Waals surface area contributed by atoms with Crippen LogP contribution in [-0.2, 0) is 17.3 Å². The molecule has 1 fully saturated rings. The second-order valence-electron chi connectivity index (χ2n) is 13.7. The fourth-order valence-electron chi connectivity index (χ4n) is 5.78. The van der Waals surface area contributed by atoms with Crippen LogP contribution in [0.15, 0.2) is 77.7 Å². The standard InChI is InChI=1S/C37H44N6O3/c1-23(2)43(8)21-20-38-32(36(43)46)25-14-18-28(19-15-25)39-33-35(45)42(7)22-31(40-33)29-10-9-11-30(24(29)3)41-34(44)26-12-16-27(17-13-26)37(4,5)6/h9-19,22-23,32,38H,20-21H2,1-8H3,(H-,39,40,41,44)/p+1. The van der Waals surface area contributed by atoms with Gasteiger partial charge in [-0.05, 0) is 73.2 Å². The summed E-state index contributed by atoms with van der Waals surface area (Å²) in [6.07, 6.45) is 1.69. The van der Waals surface area contributed by atoms with E-state index >= 15 is 0 Å². The summed E-state index contributed by atoms with van der Waals surface area (Å²) in [6, 6.07) is 20.7. The van der Waals surface area contributed by atoms with Crippen molar-refractivity contribution in [1.82, 2.24) is 14.9 Å². The van der Waals surface area contributed by atoms with Crippen molar-refractivity contribution in [2.75, 3.05) is 30.8 Å². The number of rotatable bonds is 7. The highest BCUT2D eigenvalue weighted by atomic mass is 16.2. The van der Waals surface area contributed by atoms with Crippen molar-refractivity contribution in [3.63, 3.8) is 0 Å². The zero-order valence-corrected chi connectivity index (χ0v) is 28.1. The van der Waals surface area contributed by atoms with Crippen LogP contribution in [0.25, 0.3) is 11.3 Å². The van der Waals surface area contributed by atoms with Crippen molar-refractivity contribution in [2.24, 2.45) is 7.05 Å². The molecule has 0 spiro atoms. The molecule has 5 rings (SSSR count). The summed E-state index contributed by atoms with van der Waals surface area (Å²) >= 11 is 0. The summed E-state index contributed by atoms with van der Waals surface area (Å²) in [5.74, 6) is 0.131. The van der Waals surface area contributed by atoms with Gasteiger partial charge < -0.3 is 15.2 Å². The van der Waals surface area contributed by atoms with Crippen molar-refractivity contribution < 1.29 is 14.1 Å². The molecule has 1 aliphatic rings. The Hall–Kier alpha value is -4.60. The van der Waals surface area contributed by atoms with Crippen LogP contribution in [0.5, 0.6) is 0 Å². The molecule has 0 saturated carbocycles. The van der Waals surface area contributed by atoms with E-state index in [0.717, 1.165) is 35.3 Å². The highest BCUT2D eigenvalue weighted by molar-refractivity contribution is 6.05. The van der Waals surface area contributed by atoms with Crippen LogP contribution in [0, 0.1) is 6.92 Å². The number of nitrogens with one attached hydrogen (secondary N) is 3. The maximum absolute atomic E-state index is 13.4. The molecule has 3 aromatic carbocycles. The lowest BCUT2D eigenvalue weighted by atomic mass is 9.86. The molecule has 2 unspecified atom stereocenters. The van der Waals surface area contributed by atoms with Gasteiger partial charge in [0.2, 0.25) is 0 Å². The number of benzene rings is 3. The Balaban J connectivity index is 1.36. The Morgan fingerprint density at radius 2 is 1.70 bits per heavy atom. The lowest BCUT2D eigenvalue weighted by Crippen LogP contribution is -2.64. The number of carbonyl (C=O) groups excluding carboxylic acids is 2. The van der Waals surface area contributed by atoms with Crippen molar-refractivity contribution in [3.05, 3.63) is 106 Å². The van der Waals surface area contributed by atoms with E-state index in [1.54, 1.807) is 13.2 Å². The minimum Gasteiger partial charge on any atom is -0.336 e. The summed E-state index contributed by atoms with van der Waals surface area (Å²) in [5, 5.41) is 9.59. The number of likely N-dealkylation sites (N-methyl/N-ethyl adjacent to an activating group) is 1. The van der Waals surface area contributed by atoms with Gasteiger partial charge in [-0.25, -0.2) is 9.78 Å². The quantitative estimate of drug-likeness (QED) is 0.216. The second-order valence-corrected chi connectivity index (χ2v) is 13.7. The molecule has 46 heavy (non-hydrogen) atoms. The molecule has 2 heterocycles. The third kappa shape index (κ3) is 6.52. The van der Waals surface area contributed by atoms with E-state index in [1.807, 2.05) is 80.7 Å². The topological polar surface area (TPSA) is 105 Å². The Morgan fingerprint density at radius 1 is 1.02 bits per heavy atom. The van der Waals surface area contributed by atoms with Gasteiger partial charge in [-0.2, -0.15) is 0 Å². The van der Waals surface area contributed by atoms with Gasteiger partial charge in [0.1, 0.15) is 6.04 Å². The highest BCUT2D eigenvalue weighted by Gasteiger charge is 2.44. The number of quaternary nitrogens is 1. The van der Waals surface area contributed by atoms with E-state index < -0.39 is 0 Å². The van der Waals surface area contributed by atoms with Gasteiger partial charge in [-0.1, -0.05) is 57.2 Å². The molecule has 240 valence electrons. The Bertz CT molecular complexity index is 1820. The van der Waals surface area contributed by atoms with E-state index in [-0.39, 0.29) is 40.7 Å². The molecule has 4 aromatic rings. The minimum absolute atomic E-state index is 0.00212. The summed E-state index contributed by atoms with van der Waals surface area (Å²) in [7, 11) is 3.69. The Kier molecular flexibility index (Phi) is 9.02. The smallest absolute Gasteiger partial charge is 0.335 e. The predicted molar refractivity (Wildman–Crippen MR) is 184 cm³/mol. The normalized spacial score (nSPS) is 18.5. The number of hydrogen-bond donors (Lipinski definition) is 3. The average molecular weight is 622 g/mol. The molecule has 9 nitrogen and oxygen atoms in total.